The fourth-order valence-corrected chi connectivity index (χ4v) is 5.94. The van der Waals surface area contributed by atoms with Crippen LogP contribution < -0.4 is 4.90 Å². The molecule has 0 N–H and O–H groups in total. The van der Waals surface area contributed by atoms with E-state index in [0.717, 1.165) is 38.2 Å². The maximum Gasteiger partial charge on any atom is 0.244 e. The summed E-state index contributed by atoms with van der Waals surface area (Å²) in [5.41, 5.74) is 1.32. The first-order chi connectivity index (χ1) is 14.4. The molecule has 2 fully saturated rings. The topological polar surface area (TPSA) is 62.7 Å². The van der Waals surface area contributed by atoms with E-state index < -0.39 is 10.0 Å². The molecule has 0 aliphatic carbocycles. The Morgan fingerprint density at radius 3 is 2.27 bits per heavy atom. The molecule has 3 heterocycles. The molecule has 0 unspecified atom stereocenters. The fraction of sp³-hybridized carbons (Fsp3) is 0.522. The number of nitrogens with zero attached hydrogens (tertiary/aromatic N) is 3. The highest BCUT2D eigenvalue weighted by atomic mass is 32.2. The first-order valence-electron chi connectivity index (χ1n) is 10.8. The lowest BCUT2D eigenvalue weighted by atomic mass is 9.91. The highest BCUT2D eigenvalue weighted by molar-refractivity contribution is 7.89. The van der Waals surface area contributed by atoms with Crippen molar-refractivity contribution in [1.29, 1.82) is 0 Å². The summed E-state index contributed by atoms with van der Waals surface area (Å²) in [5.74, 6) is 1.34. The van der Waals surface area contributed by atoms with E-state index in [1.165, 1.54) is 11.8 Å². The van der Waals surface area contributed by atoms with E-state index in [-0.39, 0.29) is 17.1 Å². The number of piperidine rings is 1. The van der Waals surface area contributed by atoms with Gasteiger partial charge in [0.2, 0.25) is 10.0 Å². The quantitative estimate of drug-likeness (QED) is 0.730. The monoisotopic (exact) mass is 429 g/mol. The fourth-order valence-electron chi connectivity index (χ4n) is 4.53. The van der Waals surface area contributed by atoms with Crippen molar-refractivity contribution in [1.82, 2.24) is 9.29 Å². The second-order valence-corrected chi connectivity index (χ2v) is 10.5. The molecular weight excluding hydrogens is 398 g/mol. The van der Waals surface area contributed by atoms with Crippen LogP contribution in [0.25, 0.3) is 0 Å². The van der Waals surface area contributed by atoms with Crippen molar-refractivity contribution in [3.63, 3.8) is 0 Å². The van der Waals surface area contributed by atoms with E-state index in [2.05, 4.69) is 34.1 Å². The Morgan fingerprint density at radius 1 is 1.00 bits per heavy atom. The minimum Gasteiger partial charge on any atom is -0.372 e. The van der Waals surface area contributed by atoms with Gasteiger partial charge in [-0.05, 0) is 56.7 Å². The predicted molar refractivity (Wildman–Crippen MR) is 118 cm³/mol. The molecule has 0 spiro atoms. The van der Waals surface area contributed by atoms with E-state index in [1.54, 1.807) is 10.4 Å². The maximum absolute atomic E-state index is 13.1. The zero-order valence-corrected chi connectivity index (χ0v) is 18.6. The number of rotatable bonds is 5. The molecule has 1 aromatic carbocycles. The van der Waals surface area contributed by atoms with Crippen LogP contribution >= 0.6 is 0 Å². The molecule has 0 amide bonds. The molecule has 2 aliphatic heterocycles. The van der Waals surface area contributed by atoms with E-state index in [4.69, 9.17) is 4.74 Å². The van der Waals surface area contributed by atoms with Crippen LogP contribution in [0.15, 0.2) is 53.6 Å². The highest BCUT2D eigenvalue weighted by Gasteiger charge is 2.30. The molecular formula is C23H31N3O3S. The van der Waals surface area contributed by atoms with Gasteiger partial charge in [0, 0.05) is 32.4 Å². The number of morpholine rings is 1. The van der Waals surface area contributed by atoms with Gasteiger partial charge in [-0.25, -0.2) is 13.4 Å². The molecule has 2 aromatic rings. The lowest BCUT2D eigenvalue weighted by molar-refractivity contribution is -0.00546. The van der Waals surface area contributed by atoms with Crippen molar-refractivity contribution < 1.29 is 13.2 Å². The van der Waals surface area contributed by atoms with Crippen LogP contribution in [-0.2, 0) is 21.2 Å². The summed E-state index contributed by atoms with van der Waals surface area (Å²) in [6, 6.07) is 13.9. The number of ether oxygens (including phenoxy) is 1. The van der Waals surface area contributed by atoms with Gasteiger partial charge < -0.3 is 9.64 Å². The average molecular weight is 430 g/mol. The lowest BCUT2D eigenvalue weighted by Gasteiger charge is -2.36. The molecule has 4 rings (SSSR count). The van der Waals surface area contributed by atoms with E-state index >= 15 is 0 Å². The molecule has 1 aromatic heterocycles. The maximum atomic E-state index is 13.1. The summed E-state index contributed by atoms with van der Waals surface area (Å²) in [4.78, 5) is 6.90. The van der Waals surface area contributed by atoms with Crippen LogP contribution in [0.3, 0.4) is 0 Å². The van der Waals surface area contributed by atoms with Crippen LogP contribution in [0.4, 0.5) is 5.82 Å². The van der Waals surface area contributed by atoms with Gasteiger partial charge in [-0.15, -0.1) is 0 Å². The van der Waals surface area contributed by atoms with E-state index in [1.807, 2.05) is 26.0 Å². The Labute approximate surface area is 179 Å². The molecule has 30 heavy (non-hydrogen) atoms. The summed E-state index contributed by atoms with van der Waals surface area (Å²) in [6.07, 6.45) is 4.58. The van der Waals surface area contributed by atoms with Crippen molar-refractivity contribution in [2.75, 3.05) is 31.1 Å². The number of anilines is 1. The van der Waals surface area contributed by atoms with Crippen LogP contribution in [0.5, 0.6) is 0 Å². The molecule has 6 nitrogen and oxygen atoms in total. The second kappa shape index (κ2) is 9.04. The van der Waals surface area contributed by atoms with Gasteiger partial charge in [0.1, 0.15) is 10.7 Å². The summed E-state index contributed by atoms with van der Waals surface area (Å²) < 4.78 is 33.6. The normalized spacial score (nSPS) is 24.1. The van der Waals surface area contributed by atoms with E-state index in [0.29, 0.717) is 19.0 Å². The van der Waals surface area contributed by atoms with Crippen LogP contribution in [0.2, 0.25) is 0 Å². The number of hydrogen-bond acceptors (Lipinski definition) is 5. The summed E-state index contributed by atoms with van der Waals surface area (Å²) >= 11 is 0. The third-order valence-electron chi connectivity index (χ3n) is 6.04. The summed E-state index contributed by atoms with van der Waals surface area (Å²) in [6.45, 7) is 6.75. The largest absolute Gasteiger partial charge is 0.372 e. The average Bonchev–Trinajstić information content (AvgIpc) is 2.74. The Bertz CT molecular complexity index is 916. The van der Waals surface area contributed by atoms with Gasteiger partial charge in [-0.2, -0.15) is 4.31 Å². The first-order valence-corrected chi connectivity index (χ1v) is 12.3. The Morgan fingerprint density at radius 2 is 1.67 bits per heavy atom. The van der Waals surface area contributed by atoms with Gasteiger partial charge in [-0.1, -0.05) is 30.3 Å². The number of benzene rings is 1. The third-order valence-corrected chi connectivity index (χ3v) is 7.93. The minimum atomic E-state index is -3.50. The van der Waals surface area contributed by atoms with Crippen molar-refractivity contribution >= 4 is 15.8 Å². The van der Waals surface area contributed by atoms with Gasteiger partial charge in [0.15, 0.2) is 0 Å². The molecule has 7 heteroatoms. The number of pyridine rings is 1. The molecule has 2 atom stereocenters. The molecule has 2 aliphatic rings. The third kappa shape index (κ3) is 4.85. The molecule has 162 valence electrons. The van der Waals surface area contributed by atoms with Gasteiger partial charge in [0.25, 0.3) is 0 Å². The summed E-state index contributed by atoms with van der Waals surface area (Å²) in [7, 11) is -3.50. The Balaban J connectivity index is 1.38. The first kappa shape index (κ1) is 21.3. The highest BCUT2D eigenvalue weighted by Crippen LogP contribution is 2.27. The second-order valence-electron chi connectivity index (χ2n) is 8.55. The zero-order valence-electron chi connectivity index (χ0n) is 17.8. The van der Waals surface area contributed by atoms with Crippen molar-refractivity contribution in [2.24, 2.45) is 5.92 Å². The molecule has 0 bridgehead atoms. The lowest BCUT2D eigenvalue weighted by Crippen LogP contribution is -2.45. The number of sulfonamides is 1. The predicted octanol–water partition coefficient (Wildman–Crippen LogP) is 3.34. The zero-order chi connectivity index (χ0) is 21.1. The SMILES string of the molecule is C[C@@H]1CN(c2ccc(S(=O)(=O)N3CCC(Cc4ccccc4)CC3)cn2)C[C@@H](C)O1. The van der Waals surface area contributed by atoms with Crippen LogP contribution in [-0.4, -0.2) is 56.1 Å². The Kier molecular flexibility index (Phi) is 6.41. The molecule has 0 saturated carbocycles. The summed E-state index contributed by atoms with van der Waals surface area (Å²) in [5, 5.41) is 0. The van der Waals surface area contributed by atoms with E-state index in [9.17, 15) is 8.42 Å². The number of hydrogen-bond donors (Lipinski definition) is 0. The van der Waals surface area contributed by atoms with Crippen molar-refractivity contribution in [2.45, 2.75) is 50.2 Å². The van der Waals surface area contributed by atoms with Gasteiger partial charge >= 0.3 is 0 Å². The van der Waals surface area contributed by atoms with Crippen molar-refractivity contribution in [3.05, 3.63) is 54.2 Å². The number of aromatic nitrogens is 1. The standard InChI is InChI=1S/C23H31N3O3S/c1-18-16-25(17-19(2)29-18)23-9-8-22(15-24-23)30(27,28)26-12-10-21(11-13-26)14-20-6-4-3-5-7-20/h3-9,15,18-19,21H,10-14,16-17H2,1-2H3/t18-,19-/m1/s1. The van der Waals surface area contributed by atoms with Crippen LogP contribution in [0.1, 0.15) is 32.3 Å². The smallest absolute Gasteiger partial charge is 0.244 e. The van der Waals surface area contributed by atoms with Crippen molar-refractivity contribution in [3.8, 4) is 0 Å². The Hall–Kier alpha value is -1.96. The minimum absolute atomic E-state index is 0.135. The van der Waals surface area contributed by atoms with Crippen LogP contribution in [0, 0.1) is 5.92 Å². The molecule has 2 saturated heterocycles. The van der Waals surface area contributed by atoms with Gasteiger partial charge in [-0.3, -0.25) is 0 Å². The van der Waals surface area contributed by atoms with Gasteiger partial charge in [0.05, 0.1) is 12.2 Å². The molecule has 0 radical (unpaired) electrons.